The Bertz CT molecular complexity index is 680. The van der Waals surface area contributed by atoms with Crippen LogP contribution in [0.15, 0.2) is 60.9 Å². The van der Waals surface area contributed by atoms with Crippen molar-refractivity contribution in [3.63, 3.8) is 0 Å². The topological polar surface area (TPSA) is 3.88 Å². The van der Waals surface area contributed by atoms with Crippen LogP contribution in [0, 0.1) is 0 Å². The van der Waals surface area contributed by atoms with Crippen LogP contribution in [0.3, 0.4) is 0 Å². The second-order valence-corrected chi connectivity index (χ2v) is 10.8. The van der Waals surface area contributed by atoms with Crippen molar-refractivity contribution in [1.82, 2.24) is 0 Å². The molecular weight excluding hydrogens is 422 g/mol. The molecule has 1 nitrogen and oxygen atoms in total. The molecule has 0 fully saturated rings. The summed E-state index contributed by atoms with van der Waals surface area (Å²) in [6, 6.07) is 18.2. The number of unbranched alkanes of at least 4 members (excludes halogenated alkanes) is 16. The number of pyridine rings is 1. The van der Waals surface area contributed by atoms with Crippen LogP contribution in [0.5, 0.6) is 0 Å². The van der Waals surface area contributed by atoms with Gasteiger partial charge in [0.1, 0.15) is 0 Å². The van der Waals surface area contributed by atoms with Gasteiger partial charge in [0.25, 0.3) is 0 Å². The van der Waals surface area contributed by atoms with Gasteiger partial charge in [0.05, 0.1) is 0 Å². The molecular formula is C34H56N+. The number of rotatable bonds is 23. The Morgan fingerprint density at radius 3 is 1.43 bits per heavy atom. The van der Waals surface area contributed by atoms with E-state index in [1.165, 1.54) is 140 Å². The molecule has 2 aromatic rings. The lowest BCUT2D eigenvalue weighted by molar-refractivity contribution is -0.724. The molecule has 1 atom stereocenters. The van der Waals surface area contributed by atoms with E-state index >= 15 is 0 Å². The van der Waals surface area contributed by atoms with Gasteiger partial charge >= 0.3 is 0 Å². The molecule has 0 spiro atoms. The van der Waals surface area contributed by atoms with Crippen LogP contribution in [0.1, 0.15) is 147 Å². The molecule has 0 saturated heterocycles. The number of aromatic nitrogens is 1. The van der Waals surface area contributed by atoms with E-state index in [9.17, 15) is 0 Å². The standard InChI is InChI=1S/C34H56N/c1-2-3-4-5-6-7-8-9-10-11-12-15-22-29-34(35-31-24-18-25-32-35)30-23-16-13-14-19-26-33-27-20-17-21-28-33/h17-18,20-21,24-25,27-28,31-32,34H,2-16,19,22-23,26,29-30H2,1H3/q+1. The molecule has 0 N–H and O–H groups in total. The highest BCUT2D eigenvalue weighted by atomic mass is 15.0. The van der Waals surface area contributed by atoms with Crippen molar-refractivity contribution in [2.24, 2.45) is 0 Å². The van der Waals surface area contributed by atoms with Crippen LogP contribution in [-0.2, 0) is 6.42 Å². The monoisotopic (exact) mass is 478 g/mol. The Balaban J connectivity index is 1.49. The van der Waals surface area contributed by atoms with E-state index in [2.05, 4.69) is 72.4 Å². The highest BCUT2D eigenvalue weighted by molar-refractivity contribution is 5.14. The van der Waals surface area contributed by atoms with Crippen molar-refractivity contribution in [2.45, 2.75) is 148 Å². The fourth-order valence-corrected chi connectivity index (χ4v) is 5.38. The maximum Gasteiger partial charge on any atom is 0.169 e. The molecule has 0 bridgehead atoms. The van der Waals surface area contributed by atoms with Gasteiger partial charge in [0, 0.05) is 25.0 Å². The number of nitrogens with zero attached hydrogens (tertiary/aromatic N) is 1. The molecule has 1 aromatic carbocycles. The molecule has 35 heavy (non-hydrogen) atoms. The summed E-state index contributed by atoms with van der Waals surface area (Å²) < 4.78 is 2.48. The molecule has 1 heterocycles. The highest BCUT2D eigenvalue weighted by Gasteiger charge is 2.16. The second kappa shape index (κ2) is 21.6. The van der Waals surface area contributed by atoms with Gasteiger partial charge in [-0.15, -0.1) is 0 Å². The lowest BCUT2D eigenvalue weighted by Gasteiger charge is -2.13. The summed E-state index contributed by atoms with van der Waals surface area (Å²) in [5, 5.41) is 0. The predicted molar refractivity (Wildman–Crippen MR) is 154 cm³/mol. The zero-order chi connectivity index (χ0) is 24.7. The third-order valence-electron chi connectivity index (χ3n) is 7.65. The van der Waals surface area contributed by atoms with Crippen molar-refractivity contribution < 1.29 is 4.57 Å². The first-order chi connectivity index (χ1) is 17.4. The highest BCUT2D eigenvalue weighted by Crippen LogP contribution is 2.20. The Morgan fingerprint density at radius 1 is 0.486 bits per heavy atom. The summed E-state index contributed by atoms with van der Waals surface area (Å²) in [6.45, 7) is 2.30. The van der Waals surface area contributed by atoms with Gasteiger partial charge in [0.2, 0.25) is 0 Å². The number of benzene rings is 1. The molecule has 1 heteroatoms. The van der Waals surface area contributed by atoms with E-state index in [4.69, 9.17) is 0 Å². The van der Waals surface area contributed by atoms with Crippen LogP contribution < -0.4 is 4.57 Å². The van der Waals surface area contributed by atoms with E-state index < -0.39 is 0 Å². The Labute approximate surface area is 218 Å². The molecule has 0 aliphatic rings. The Kier molecular flexibility index (Phi) is 18.3. The van der Waals surface area contributed by atoms with Crippen LogP contribution in [0.25, 0.3) is 0 Å². The van der Waals surface area contributed by atoms with Gasteiger partial charge < -0.3 is 0 Å². The molecule has 0 radical (unpaired) electrons. The smallest absolute Gasteiger partial charge is 0.169 e. The molecule has 1 aromatic heterocycles. The second-order valence-electron chi connectivity index (χ2n) is 10.8. The molecule has 0 amide bonds. The minimum Gasteiger partial charge on any atom is -0.202 e. The first-order valence-corrected chi connectivity index (χ1v) is 15.4. The first kappa shape index (κ1) is 29.6. The quantitative estimate of drug-likeness (QED) is 0.110. The van der Waals surface area contributed by atoms with Crippen LogP contribution in [0.2, 0.25) is 0 Å². The average molecular weight is 479 g/mol. The largest absolute Gasteiger partial charge is 0.202 e. The van der Waals surface area contributed by atoms with Crippen molar-refractivity contribution in [3.05, 3.63) is 66.5 Å². The Morgan fingerprint density at radius 2 is 0.914 bits per heavy atom. The molecule has 196 valence electrons. The fraction of sp³-hybridized carbons (Fsp3) is 0.676. The number of hydrogen-bond acceptors (Lipinski definition) is 0. The first-order valence-electron chi connectivity index (χ1n) is 15.4. The molecule has 1 unspecified atom stereocenters. The summed E-state index contributed by atoms with van der Waals surface area (Å²) in [5.74, 6) is 0. The van der Waals surface area contributed by atoms with E-state index in [1.807, 2.05) is 0 Å². The maximum absolute atomic E-state index is 2.48. The van der Waals surface area contributed by atoms with Crippen LogP contribution in [0.4, 0.5) is 0 Å². The van der Waals surface area contributed by atoms with Crippen LogP contribution >= 0.6 is 0 Å². The number of hydrogen-bond donors (Lipinski definition) is 0. The fourth-order valence-electron chi connectivity index (χ4n) is 5.38. The van der Waals surface area contributed by atoms with Crippen molar-refractivity contribution in [2.75, 3.05) is 0 Å². The van der Waals surface area contributed by atoms with E-state index in [-0.39, 0.29) is 0 Å². The van der Waals surface area contributed by atoms with Crippen molar-refractivity contribution in [1.29, 1.82) is 0 Å². The van der Waals surface area contributed by atoms with Gasteiger partial charge in [0.15, 0.2) is 18.4 Å². The zero-order valence-corrected chi connectivity index (χ0v) is 23.1. The third-order valence-corrected chi connectivity index (χ3v) is 7.65. The van der Waals surface area contributed by atoms with E-state index in [0.717, 1.165) is 0 Å². The third kappa shape index (κ3) is 15.9. The van der Waals surface area contributed by atoms with Crippen molar-refractivity contribution >= 4 is 0 Å². The number of aryl methyl sites for hydroxylation is 1. The normalized spacial score (nSPS) is 12.1. The summed E-state index contributed by atoms with van der Waals surface area (Å²) >= 11 is 0. The van der Waals surface area contributed by atoms with Crippen LogP contribution in [-0.4, -0.2) is 0 Å². The van der Waals surface area contributed by atoms with Gasteiger partial charge in [-0.05, 0) is 31.2 Å². The average Bonchev–Trinajstić information content (AvgIpc) is 2.90. The minimum atomic E-state index is 0.688. The van der Waals surface area contributed by atoms with Gasteiger partial charge in [-0.1, -0.05) is 140 Å². The summed E-state index contributed by atoms with van der Waals surface area (Å²) in [4.78, 5) is 0. The molecule has 0 saturated carbocycles. The molecule has 0 aliphatic heterocycles. The van der Waals surface area contributed by atoms with Gasteiger partial charge in [-0.2, -0.15) is 0 Å². The SMILES string of the molecule is CCCCCCCCCCCCCCCC(CCCCCCCc1ccccc1)[n+]1ccccc1. The summed E-state index contributed by atoms with van der Waals surface area (Å²) in [7, 11) is 0. The van der Waals surface area contributed by atoms with Crippen molar-refractivity contribution in [3.8, 4) is 0 Å². The lowest BCUT2D eigenvalue weighted by Crippen LogP contribution is -2.38. The van der Waals surface area contributed by atoms with E-state index in [1.54, 1.807) is 0 Å². The van der Waals surface area contributed by atoms with Gasteiger partial charge in [-0.3, -0.25) is 0 Å². The molecule has 2 rings (SSSR count). The predicted octanol–water partition coefficient (Wildman–Crippen LogP) is 10.6. The zero-order valence-electron chi connectivity index (χ0n) is 23.1. The maximum atomic E-state index is 2.48. The van der Waals surface area contributed by atoms with E-state index in [0.29, 0.717) is 6.04 Å². The summed E-state index contributed by atoms with van der Waals surface area (Å²) in [6.07, 6.45) is 34.0. The summed E-state index contributed by atoms with van der Waals surface area (Å²) in [5.41, 5.74) is 1.49. The Hall–Kier alpha value is -1.63. The lowest BCUT2D eigenvalue weighted by atomic mass is 9.99. The van der Waals surface area contributed by atoms with Gasteiger partial charge in [-0.25, -0.2) is 4.57 Å². The minimum absolute atomic E-state index is 0.688. The molecule has 0 aliphatic carbocycles.